The Balaban J connectivity index is 2.98. The van der Waals surface area contributed by atoms with Crippen LogP contribution in [0.15, 0.2) is 24.3 Å². The monoisotopic (exact) mass is 233 g/mol. The molecule has 0 bridgehead atoms. The van der Waals surface area contributed by atoms with Crippen LogP contribution in [0.1, 0.15) is 17.2 Å². The van der Waals surface area contributed by atoms with Gasteiger partial charge in [-0.3, -0.25) is 4.79 Å². The van der Waals surface area contributed by atoms with Crippen molar-refractivity contribution in [3.05, 3.63) is 35.4 Å². The van der Waals surface area contributed by atoms with E-state index in [0.717, 1.165) is 24.3 Å². The average molecular weight is 233 g/mol. The van der Waals surface area contributed by atoms with Crippen LogP contribution >= 0.6 is 0 Å². The number of halogens is 3. The lowest BCUT2D eigenvalue weighted by molar-refractivity contribution is -0.139. The van der Waals surface area contributed by atoms with Crippen LogP contribution in [-0.2, 0) is 11.0 Å². The minimum Gasteiger partial charge on any atom is -0.480 e. The van der Waals surface area contributed by atoms with E-state index in [4.69, 9.17) is 5.11 Å². The van der Waals surface area contributed by atoms with Gasteiger partial charge in [-0.05, 0) is 24.7 Å². The molecular formula is C10H10F3NO2. The number of alkyl halides is 3. The molecule has 0 aliphatic heterocycles. The van der Waals surface area contributed by atoms with Crippen LogP contribution in [0.5, 0.6) is 0 Å². The van der Waals surface area contributed by atoms with Crippen LogP contribution in [0.2, 0.25) is 0 Å². The van der Waals surface area contributed by atoms with Gasteiger partial charge in [0.15, 0.2) is 0 Å². The summed E-state index contributed by atoms with van der Waals surface area (Å²) in [5, 5.41) is 11.3. The first-order valence-electron chi connectivity index (χ1n) is 4.43. The zero-order valence-corrected chi connectivity index (χ0v) is 8.38. The summed E-state index contributed by atoms with van der Waals surface area (Å²) in [6, 6.07) is 3.03. The molecule has 0 amide bonds. The van der Waals surface area contributed by atoms with E-state index >= 15 is 0 Å². The van der Waals surface area contributed by atoms with Gasteiger partial charge in [-0.15, -0.1) is 0 Å². The number of rotatable bonds is 3. The van der Waals surface area contributed by atoms with Crippen molar-refractivity contribution < 1.29 is 23.1 Å². The van der Waals surface area contributed by atoms with Crippen LogP contribution in [0.3, 0.4) is 0 Å². The molecule has 1 aromatic rings. The highest BCUT2D eigenvalue weighted by Crippen LogP contribution is 2.29. The molecule has 88 valence electrons. The Labute approximate surface area is 89.9 Å². The van der Waals surface area contributed by atoms with E-state index in [9.17, 15) is 18.0 Å². The van der Waals surface area contributed by atoms with E-state index in [2.05, 4.69) is 5.32 Å². The molecule has 16 heavy (non-hydrogen) atoms. The standard InChI is InChI=1S/C10H10F3NO2/c1-14-8(9(15)16)6-2-4-7(5-3-6)10(11,12)13/h2-5,8,14H,1H3,(H,15,16). The van der Waals surface area contributed by atoms with Gasteiger partial charge in [0, 0.05) is 0 Å². The molecule has 0 fully saturated rings. The lowest BCUT2D eigenvalue weighted by Gasteiger charge is -2.12. The van der Waals surface area contributed by atoms with Crippen LogP contribution in [-0.4, -0.2) is 18.1 Å². The SMILES string of the molecule is CNC(C(=O)O)c1ccc(C(F)(F)F)cc1. The molecule has 0 radical (unpaired) electrons. The number of benzene rings is 1. The van der Waals surface area contributed by atoms with E-state index in [1.165, 1.54) is 7.05 Å². The summed E-state index contributed by atoms with van der Waals surface area (Å²) < 4.78 is 36.7. The fourth-order valence-electron chi connectivity index (χ4n) is 1.30. The quantitative estimate of drug-likeness (QED) is 0.840. The van der Waals surface area contributed by atoms with E-state index in [0.29, 0.717) is 0 Å². The third-order valence-electron chi connectivity index (χ3n) is 2.11. The van der Waals surface area contributed by atoms with Crippen molar-refractivity contribution in [2.75, 3.05) is 7.05 Å². The van der Waals surface area contributed by atoms with Gasteiger partial charge in [0.25, 0.3) is 0 Å². The van der Waals surface area contributed by atoms with Gasteiger partial charge < -0.3 is 10.4 Å². The van der Waals surface area contributed by atoms with Crippen LogP contribution in [0.4, 0.5) is 13.2 Å². The highest BCUT2D eigenvalue weighted by atomic mass is 19.4. The molecule has 0 aliphatic carbocycles. The minimum absolute atomic E-state index is 0.281. The maximum atomic E-state index is 12.2. The maximum Gasteiger partial charge on any atom is 0.416 e. The average Bonchev–Trinajstić information content (AvgIpc) is 2.17. The lowest BCUT2D eigenvalue weighted by Crippen LogP contribution is -2.25. The molecule has 1 rings (SSSR count). The molecule has 0 saturated heterocycles. The number of hydrogen-bond acceptors (Lipinski definition) is 2. The van der Waals surface area contributed by atoms with Gasteiger partial charge in [-0.1, -0.05) is 12.1 Å². The second-order valence-corrected chi connectivity index (χ2v) is 3.18. The summed E-state index contributed by atoms with van der Waals surface area (Å²) in [5.41, 5.74) is -0.514. The number of hydrogen-bond donors (Lipinski definition) is 2. The van der Waals surface area contributed by atoms with E-state index in [1.54, 1.807) is 0 Å². The van der Waals surface area contributed by atoms with E-state index in [-0.39, 0.29) is 5.56 Å². The number of carboxylic acid groups (broad SMARTS) is 1. The first-order valence-corrected chi connectivity index (χ1v) is 4.43. The van der Waals surface area contributed by atoms with Crippen LogP contribution in [0.25, 0.3) is 0 Å². The normalized spacial score (nSPS) is 13.5. The molecule has 0 aromatic heterocycles. The molecule has 2 N–H and O–H groups in total. The van der Waals surface area contributed by atoms with Crippen molar-refractivity contribution in [1.29, 1.82) is 0 Å². The summed E-state index contributed by atoms with van der Waals surface area (Å²) in [5.74, 6) is -1.14. The number of carbonyl (C=O) groups is 1. The lowest BCUT2D eigenvalue weighted by atomic mass is 10.0. The van der Waals surface area contributed by atoms with Crippen LogP contribution in [0, 0.1) is 0 Å². The van der Waals surface area contributed by atoms with Gasteiger partial charge in [-0.2, -0.15) is 13.2 Å². The Morgan fingerprint density at radius 3 is 2.12 bits per heavy atom. The summed E-state index contributed by atoms with van der Waals surface area (Å²) in [6.45, 7) is 0. The molecule has 1 aromatic carbocycles. The Bertz CT molecular complexity index is 373. The molecule has 6 heteroatoms. The van der Waals surface area contributed by atoms with Crippen molar-refractivity contribution in [2.24, 2.45) is 0 Å². The zero-order valence-electron chi connectivity index (χ0n) is 8.38. The van der Waals surface area contributed by atoms with Gasteiger partial charge >= 0.3 is 12.1 Å². The Hall–Kier alpha value is -1.56. The fraction of sp³-hybridized carbons (Fsp3) is 0.300. The van der Waals surface area contributed by atoms with Crippen molar-refractivity contribution in [2.45, 2.75) is 12.2 Å². The topological polar surface area (TPSA) is 49.3 Å². The van der Waals surface area contributed by atoms with Crippen LogP contribution < -0.4 is 5.32 Å². The number of nitrogens with one attached hydrogen (secondary N) is 1. The Morgan fingerprint density at radius 2 is 1.81 bits per heavy atom. The second kappa shape index (κ2) is 4.52. The second-order valence-electron chi connectivity index (χ2n) is 3.18. The zero-order chi connectivity index (χ0) is 12.3. The first-order chi connectivity index (χ1) is 7.36. The summed E-state index contributed by atoms with van der Waals surface area (Å²) in [4.78, 5) is 10.7. The van der Waals surface area contributed by atoms with Crippen molar-refractivity contribution in [3.63, 3.8) is 0 Å². The fourth-order valence-corrected chi connectivity index (χ4v) is 1.30. The highest BCUT2D eigenvalue weighted by Gasteiger charge is 2.30. The van der Waals surface area contributed by atoms with Gasteiger partial charge in [0.2, 0.25) is 0 Å². The molecule has 3 nitrogen and oxygen atoms in total. The molecule has 1 unspecified atom stereocenters. The molecule has 1 atom stereocenters. The summed E-state index contributed by atoms with van der Waals surface area (Å²) in [7, 11) is 1.43. The number of carboxylic acids is 1. The summed E-state index contributed by atoms with van der Waals surface area (Å²) >= 11 is 0. The van der Waals surface area contributed by atoms with Gasteiger partial charge in [-0.25, -0.2) is 0 Å². The molecule has 0 saturated carbocycles. The van der Waals surface area contributed by atoms with Crippen molar-refractivity contribution in [1.82, 2.24) is 5.32 Å². The van der Waals surface area contributed by atoms with Crippen molar-refractivity contribution in [3.8, 4) is 0 Å². The number of likely N-dealkylation sites (N-methyl/N-ethyl adjacent to an activating group) is 1. The van der Waals surface area contributed by atoms with E-state index in [1.807, 2.05) is 0 Å². The molecule has 0 heterocycles. The first kappa shape index (κ1) is 12.5. The molecular weight excluding hydrogens is 223 g/mol. The molecule has 0 spiro atoms. The predicted molar refractivity (Wildman–Crippen MR) is 50.9 cm³/mol. The summed E-state index contributed by atoms with van der Waals surface area (Å²) in [6.07, 6.45) is -4.41. The highest BCUT2D eigenvalue weighted by molar-refractivity contribution is 5.75. The molecule has 0 aliphatic rings. The minimum atomic E-state index is -4.41. The van der Waals surface area contributed by atoms with Gasteiger partial charge in [0.1, 0.15) is 6.04 Å². The van der Waals surface area contributed by atoms with E-state index < -0.39 is 23.8 Å². The van der Waals surface area contributed by atoms with Crippen molar-refractivity contribution >= 4 is 5.97 Å². The third-order valence-corrected chi connectivity index (χ3v) is 2.11. The largest absolute Gasteiger partial charge is 0.480 e. The Morgan fingerprint density at radius 1 is 1.31 bits per heavy atom. The maximum absolute atomic E-state index is 12.2. The number of aliphatic carboxylic acids is 1. The smallest absolute Gasteiger partial charge is 0.416 e. The predicted octanol–water partition coefficient (Wildman–Crippen LogP) is 2.05. The third kappa shape index (κ3) is 2.73. The van der Waals surface area contributed by atoms with Gasteiger partial charge in [0.05, 0.1) is 5.56 Å². The Kier molecular flexibility index (Phi) is 3.54.